The normalized spacial score (nSPS) is 10.8. The molecule has 0 bridgehead atoms. The molecule has 0 fully saturated rings. The molecule has 1 amide bonds. The second-order valence-corrected chi connectivity index (χ2v) is 6.08. The molecule has 0 aliphatic heterocycles. The number of hydrogen-bond acceptors (Lipinski definition) is 4. The lowest BCUT2D eigenvalue weighted by Gasteiger charge is -2.03. The molecule has 6 heteroatoms. The zero-order valence-corrected chi connectivity index (χ0v) is 15.1. The molecule has 3 aromatic rings. The third-order valence-electron chi connectivity index (χ3n) is 4.10. The quantitative estimate of drug-likeness (QED) is 0.631. The highest BCUT2D eigenvalue weighted by atomic mass is 16.5. The number of aryl methyl sites for hydroxylation is 2. The minimum absolute atomic E-state index is 0.205. The Labute approximate surface area is 152 Å². The summed E-state index contributed by atoms with van der Waals surface area (Å²) in [5.41, 5.74) is 3.23. The number of nitrogens with zero attached hydrogens (tertiary/aromatic N) is 2. The van der Waals surface area contributed by atoms with Gasteiger partial charge in [0.15, 0.2) is 5.76 Å². The molecule has 0 aliphatic carbocycles. The molecular weight excluding hydrogens is 330 g/mol. The van der Waals surface area contributed by atoms with Crippen LogP contribution in [0.1, 0.15) is 34.0 Å². The number of carbonyl (C=O) groups excluding carboxylic acids is 1. The van der Waals surface area contributed by atoms with Crippen LogP contribution < -0.4 is 5.32 Å². The second kappa shape index (κ2) is 8.49. The number of rotatable bonds is 8. The van der Waals surface area contributed by atoms with Gasteiger partial charge in [0.1, 0.15) is 12.4 Å². The molecule has 6 nitrogen and oxygen atoms in total. The topological polar surface area (TPSA) is 69.3 Å². The number of para-hydroxylation sites is 1. The molecule has 0 unspecified atom stereocenters. The molecule has 3 rings (SSSR count). The Morgan fingerprint density at radius 2 is 2.04 bits per heavy atom. The largest absolute Gasteiger partial charge is 0.453 e. The minimum Gasteiger partial charge on any atom is -0.453 e. The number of methoxy groups -OCH3 is 1. The van der Waals surface area contributed by atoms with E-state index < -0.39 is 0 Å². The fraction of sp³-hybridized carbons (Fsp3) is 0.300. The van der Waals surface area contributed by atoms with E-state index in [4.69, 9.17) is 9.15 Å². The lowest BCUT2D eigenvalue weighted by atomic mass is 10.1. The molecule has 0 saturated heterocycles. The van der Waals surface area contributed by atoms with Crippen molar-refractivity contribution in [3.63, 3.8) is 0 Å². The summed E-state index contributed by atoms with van der Waals surface area (Å²) < 4.78 is 12.3. The summed E-state index contributed by atoms with van der Waals surface area (Å²) in [5, 5.41) is 7.45. The highest BCUT2D eigenvalue weighted by Crippen LogP contribution is 2.13. The van der Waals surface area contributed by atoms with Gasteiger partial charge in [-0.25, -0.2) is 4.68 Å². The Hall–Kier alpha value is -2.86. The maximum absolute atomic E-state index is 12.1. The summed E-state index contributed by atoms with van der Waals surface area (Å²) in [6.07, 6.45) is 3.74. The van der Waals surface area contributed by atoms with Crippen LogP contribution in [0.15, 0.2) is 53.1 Å². The predicted octanol–water partition coefficient (Wildman–Crippen LogP) is 3.28. The van der Waals surface area contributed by atoms with Gasteiger partial charge in [0.05, 0.1) is 11.4 Å². The van der Waals surface area contributed by atoms with Crippen LogP contribution in [0.2, 0.25) is 0 Å². The van der Waals surface area contributed by atoms with E-state index in [1.54, 1.807) is 19.2 Å². The van der Waals surface area contributed by atoms with E-state index in [-0.39, 0.29) is 5.91 Å². The number of hydrogen-bond donors (Lipinski definition) is 1. The van der Waals surface area contributed by atoms with Gasteiger partial charge in [0, 0.05) is 19.9 Å². The molecule has 136 valence electrons. The standard InChI is InChI=1S/C20H23N3O3/c1-15-16(13-23(22-15)17-8-4-3-5-9-17)7-6-12-21-20(24)19-11-10-18(26-19)14-25-2/h3-5,8-11,13H,6-7,12,14H2,1-2H3,(H,21,24). The summed E-state index contributed by atoms with van der Waals surface area (Å²) in [4.78, 5) is 12.1. The van der Waals surface area contributed by atoms with E-state index in [1.165, 1.54) is 5.56 Å². The van der Waals surface area contributed by atoms with E-state index in [0.29, 0.717) is 24.7 Å². The molecule has 0 radical (unpaired) electrons. The number of aromatic nitrogens is 2. The molecule has 0 spiro atoms. The second-order valence-electron chi connectivity index (χ2n) is 6.08. The lowest BCUT2D eigenvalue weighted by Crippen LogP contribution is -2.24. The van der Waals surface area contributed by atoms with Crippen LogP contribution in [0.5, 0.6) is 0 Å². The Morgan fingerprint density at radius 1 is 1.23 bits per heavy atom. The fourth-order valence-electron chi connectivity index (χ4n) is 2.74. The van der Waals surface area contributed by atoms with Crippen LogP contribution in [0.4, 0.5) is 0 Å². The van der Waals surface area contributed by atoms with Crippen molar-refractivity contribution < 1.29 is 13.9 Å². The van der Waals surface area contributed by atoms with Crippen molar-refractivity contribution in [2.75, 3.05) is 13.7 Å². The SMILES string of the molecule is COCc1ccc(C(=O)NCCCc2cn(-c3ccccc3)nc2C)o1. The van der Waals surface area contributed by atoms with Gasteiger partial charge in [-0.2, -0.15) is 5.10 Å². The van der Waals surface area contributed by atoms with Crippen molar-refractivity contribution >= 4 is 5.91 Å². The molecule has 1 aromatic carbocycles. The third kappa shape index (κ3) is 4.40. The number of benzene rings is 1. The molecule has 1 N–H and O–H groups in total. The number of carbonyl (C=O) groups is 1. The van der Waals surface area contributed by atoms with Gasteiger partial charge in [-0.15, -0.1) is 0 Å². The van der Waals surface area contributed by atoms with E-state index >= 15 is 0 Å². The van der Waals surface area contributed by atoms with Gasteiger partial charge in [-0.1, -0.05) is 18.2 Å². The summed E-state index contributed by atoms with van der Waals surface area (Å²) in [5.74, 6) is 0.746. The smallest absolute Gasteiger partial charge is 0.286 e. The van der Waals surface area contributed by atoms with Crippen LogP contribution in [0, 0.1) is 6.92 Å². The zero-order chi connectivity index (χ0) is 18.4. The molecule has 26 heavy (non-hydrogen) atoms. The van der Waals surface area contributed by atoms with E-state index in [2.05, 4.69) is 16.6 Å². The van der Waals surface area contributed by atoms with Gasteiger partial charge in [0.25, 0.3) is 5.91 Å². The molecule has 0 saturated carbocycles. The number of amides is 1. The van der Waals surface area contributed by atoms with Crippen LogP contribution >= 0.6 is 0 Å². The summed E-state index contributed by atoms with van der Waals surface area (Å²) in [6, 6.07) is 13.4. The molecule has 2 heterocycles. The van der Waals surface area contributed by atoms with Crippen molar-refractivity contribution in [2.24, 2.45) is 0 Å². The predicted molar refractivity (Wildman–Crippen MR) is 98.4 cm³/mol. The van der Waals surface area contributed by atoms with Gasteiger partial charge < -0.3 is 14.5 Å². The Morgan fingerprint density at radius 3 is 2.81 bits per heavy atom. The Balaban J connectivity index is 1.49. The molecule has 2 aromatic heterocycles. The monoisotopic (exact) mass is 353 g/mol. The maximum Gasteiger partial charge on any atom is 0.286 e. The Kier molecular flexibility index (Phi) is 5.86. The molecular formula is C20H23N3O3. The number of nitrogens with one attached hydrogen (secondary N) is 1. The lowest BCUT2D eigenvalue weighted by molar-refractivity contribution is 0.0917. The minimum atomic E-state index is -0.205. The number of furan rings is 1. The highest BCUT2D eigenvalue weighted by Gasteiger charge is 2.11. The van der Waals surface area contributed by atoms with Gasteiger partial charge in [-0.3, -0.25) is 4.79 Å². The first-order chi connectivity index (χ1) is 12.7. The molecule has 0 atom stereocenters. The van der Waals surface area contributed by atoms with Crippen LogP contribution in [0.25, 0.3) is 5.69 Å². The zero-order valence-electron chi connectivity index (χ0n) is 15.1. The first-order valence-corrected chi connectivity index (χ1v) is 8.64. The average molecular weight is 353 g/mol. The maximum atomic E-state index is 12.1. The van der Waals surface area contributed by atoms with Crippen LogP contribution in [0.3, 0.4) is 0 Å². The summed E-state index contributed by atoms with van der Waals surface area (Å²) in [7, 11) is 1.59. The number of ether oxygens (including phenoxy) is 1. The first-order valence-electron chi connectivity index (χ1n) is 8.64. The fourth-order valence-corrected chi connectivity index (χ4v) is 2.74. The summed E-state index contributed by atoms with van der Waals surface area (Å²) in [6.45, 7) is 2.95. The van der Waals surface area contributed by atoms with Gasteiger partial charge in [0.2, 0.25) is 0 Å². The first kappa shape index (κ1) is 17.9. The van der Waals surface area contributed by atoms with Crippen LogP contribution in [-0.2, 0) is 17.8 Å². The van der Waals surface area contributed by atoms with Gasteiger partial charge in [-0.05, 0) is 49.6 Å². The van der Waals surface area contributed by atoms with Crippen molar-refractivity contribution in [1.82, 2.24) is 15.1 Å². The van der Waals surface area contributed by atoms with Crippen molar-refractivity contribution in [2.45, 2.75) is 26.4 Å². The third-order valence-corrected chi connectivity index (χ3v) is 4.10. The highest BCUT2D eigenvalue weighted by molar-refractivity contribution is 5.91. The van der Waals surface area contributed by atoms with Gasteiger partial charge >= 0.3 is 0 Å². The van der Waals surface area contributed by atoms with Crippen molar-refractivity contribution in [3.05, 3.63) is 71.4 Å². The van der Waals surface area contributed by atoms with E-state index in [0.717, 1.165) is 24.2 Å². The van der Waals surface area contributed by atoms with Crippen molar-refractivity contribution in [1.29, 1.82) is 0 Å². The average Bonchev–Trinajstić information content (AvgIpc) is 3.27. The van der Waals surface area contributed by atoms with E-state index in [9.17, 15) is 4.79 Å². The summed E-state index contributed by atoms with van der Waals surface area (Å²) >= 11 is 0. The Bertz CT molecular complexity index is 852. The van der Waals surface area contributed by atoms with Crippen LogP contribution in [-0.4, -0.2) is 29.3 Å². The van der Waals surface area contributed by atoms with Crippen molar-refractivity contribution in [3.8, 4) is 5.69 Å². The molecule has 0 aliphatic rings. The van der Waals surface area contributed by atoms with E-state index in [1.807, 2.05) is 41.9 Å².